The van der Waals surface area contributed by atoms with Crippen molar-refractivity contribution in [1.29, 1.82) is 0 Å². The molecule has 41 heavy (non-hydrogen) atoms. The van der Waals surface area contributed by atoms with Crippen molar-refractivity contribution in [2.45, 2.75) is 111 Å². The van der Waals surface area contributed by atoms with Crippen molar-refractivity contribution in [2.75, 3.05) is 33.0 Å². The highest BCUT2D eigenvalue weighted by Crippen LogP contribution is 2.36. The Bertz CT molecular complexity index is 1180. The van der Waals surface area contributed by atoms with Gasteiger partial charge in [-0.3, -0.25) is 10.1 Å². The topological polar surface area (TPSA) is 103 Å². The first kappa shape index (κ1) is 33.4. The van der Waals surface area contributed by atoms with Crippen LogP contribution < -0.4 is 0 Å². The molecule has 4 rings (SSSR count). The van der Waals surface area contributed by atoms with E-state index in [1.807, 2.05) is 59.1 Å². The van der Waals surface area contributed by atoms with Crippen molar-refractivity contribution < 1.29 is 37.7 Å². The summed E-state index contributed by atoms with van der Waals surface area (Å²) in [5.41, 5.74) is 0.603. The Morgan fingerprint density at radius 1 is 1.10 bits per heavy atom. The van der Waals surface area contributed by atoms with Crippen LogP contribution >= 0.6 is 0 Å². The van der Waals surface area contributed by atoms with Crippen molar-refractivity contribution in [3.8, 4) is 0 Å². The quantitative estimate of drug-likeness (QED) is 0.178. The monoisotopic (exact) mass is 582 g/mol. The molecule has 11 heteroatoms. The minimum Gasteiger partial charge on any atom is -0.379 e. The van der Waals surface area contributed by atoms with E-state index in [-0.39, 0.29) is 17.6 Å². The number of aromatic nitrogens is 1. The van der Waals surface area contributed by atoms with Crippen molar-refractivity contribution in [2.24, 2.45) is 0 Å². The van der Waals surface area contributed by atoms with E-state index < -0.39 is 28.0 Å². The van der Waals surface area contributed by atoms with Gasteiger partial charge in [0.25, 0.3) is 0 Å². The van der Waals surface area contributed by atoms with Crippen LogP contribution in [-0.4, -0.2) is 72.4 Å². The zero-order chi connectivity index (χ0) is 30.6. The molecule has 0 N–H and O–H groups in total. The molecule has 2 aromatic rings. The van der Waals surface area contributed by atoms with Gasteiger partial charge >= 0.3 is 5.69 Å². The predicted octanol–water partition coefficient (Wildman–Crippen LogP) is 6.11. The van der Waals surface area contributed by atoms with Crippen molar-refractivity contribution in [3.63, 3.8) is 0 Å². The van der Waals surface area contributed by atoms with Gasteiger partial charge in [-0.25, -0.2) is 0 Å². The van der Waals surface area contributed by atoms with Crippen LogP contribution in [-0.2, 0) is 40.4 Å². The third-order valence-electron chi connectivity index (χ3n) is 7.06. The van der Waals surface area contributed by atoms with Crippen LogP contribution in [0.2, 0.25) is 0 Å². The summed E-state index contributed by atoms with van der Waals surface area (Å²) in [7, 11) is 0. The first-order valence-electron chi connectivity index (χ1n) is 14.3. The Hall–Kier alpha value is -2.15. The molecule has 2 aliphatic heterocycles. The van der Waals surface area contributed by atoms with Gasteiger partial charge in [0.1, 0.15) is 12.2 Å². The molecule has 1 aromatic heterocycles. The van der Waals surface area contributed by atoms with Crippen molar-refractivity contribution >= 4 is 16.6 Å². The van der Waals surface area contributed by atoms with Gasteiger partial charge in [0.15, 0.2) is 11.6 Å². The normalized spacial score (nSPS) is 21.8. The summed E-state index contributed by atoms with van der Waals surface area (Å²) >= 11 is 0. The van der Waals surface area contributed by atoms with Crippen LogP contribution in [0, 0.1) is 15.9 Å². The average molecular weight is 583 g/mol. The van der Waals surface area contributed by atoms with Crippen LogP contribution in [0.5, 0.6) is 0 Å². The van der Waals surface area contributed by atoms with E-state index in [4.69, 9.17) is 28.4 Å². The number of hydrogen-bond acceptors (Lipinski definition) is 8. The highest BCUT2D eigenvalue weighted by Gasteiger charge is 2.36. The van der Waals surface area contributed by atoms with Gasteiger partial charge in [0.05, 0.1) is 42.9 Å². The lowest BCUT2D eigenvalue weighted by Gasteiger charge is -2.28. The maximum Gasteiger partial charge on any atom is 0.305 e. The van der Waals surface area contributed by atoms with E-state index >= 15 is 0 Å². The lowest BCUT2D eigenvalue weighted by molar-refractivity contribution is -0.387. The first-order chi connectivity index (χ1) is 19.0. The first-order valence-corrected chi connectivity index (χ1v) is 14.3. The Morgan fingerprint density at radius 2 is 1.71 bits per heavy atom. The molecule has 0 bridgehead atoms. The number of nitro groups is 1. The fourth-order valence-corrected chi connectivity index (χ4v) is 5.07. The van der Waals surface area contributed by atoms with Crippen molar-refractivity contribution in [1.82, 2.24) is 4.57 Å². The molecular weight excluding hydrogens is 535 g/mol. The summed E-state index contributed by atoms with van der Waals surface area (Å²) in [4.78, 5) is 10.6. The van der Waals surface area contributed by atoms with Gasteiger partial charge in [-0.2, -0.15) is 4.39 Å². The third-order valence-corrected chi connectivity index (χ3v) is 7.06. The van der Waals surface area contributed by atoms with Gasteiger partial charge in [-0.15, -0.1) is 0 Å². The number of benzene rings is 1. The molecule has 2 fully saturated rings. The second-order valence-corrected chi connectivity index (χ2v) is 12.4. The number of fused-ring (bicyclic) bond motifs is 1. The summed E-state index contributed by atoms with van der Waals surface area (Å²) in [6, 6.07) is 4.44. The molecule has 0 radical (unpaired) electrons. The van der Waals surface area contributed by atoms with Crippen LogP contribution in [0.1, 0.15) is 74.4 Å². The molecule has 2 saturated heterocycles. The molecule has 2 aliphatic rings. The van der Waals surface area contributed by atoms with Gasteiger partial charge in [0, 0.05) is 41.8 Å². The number of rotatable bonds is 11. The fraction of sp³-hybridized carbons (Fsp3) is 0.733. The van der Waals surface area contributed by atoms with E-state index in [1.54, 1.807) is 0 Å². The fourth-order valence-electron chi connectivity index (χ4n) is 5.07. The predicted molar refractivity (Wildman–Crippen MR) is 154 cm³/mol. The summed E-state index contributed by atoms with van der Waals surface area (Å²) in [5.74, 6) is -2.14. The second kappa shape index (κ2) is 13.4. The van der Waals surface area contributed by atoms with Gasteiger partial charge in [-0.1, -0.05) is 13.8 Å². The van der Waals surface area contributed by atoms with E-state index in [0.29, 0.717) is 56.4 Å². The maximum atomic E-state index is 14.6. The van der Waals surface area contributed by atoms with E-state index in [9.17, 15) is 14.5 Å². The number of nitrogens with zero attached hydrogens (tertiary/aromatic N) is 2. The van der Waals surface area contributed by atoms with Crippen LogP contribution in [0.15, 0.2) is 18.2 Å². The second-order valence-electron chi connectivity index (χ2n) is 12.4. The molecule has 3 heterocycles. The van der Waals surface area contributed by atoms with Crippen LogP contribution in [0.3, 0.4) is 0 Å². The molecule has 232 valence electrons. The highest BCUT2D eigenvalue weighted by atomic mass is 19.1. The van der Waals surface area contributed by atoms with E-state index in [2.05, 4.69) is 13.8 Å². The number of hydrogen-bond donors (Lipinski definition) is 0. The van der Waals surface area contributed by atoms with Gasteiger partial charge in [-0.05, 0) is 61.0 Å². The number of halogens is 1. The molecule has 0 unspecified atom stereocenters. The Labute approximate surface area is 242 Å². The summed E-state index contributed by atoms with van der Waals surface area (Å²) in [5, 5.41) is 11.9. The lowest BCUT2D eigenvalue weighted by Crippen LogP contribution is -2.29. The van der Waals surface area contributed by atoms with Crippen LogP contribution in [0.4, 0.5) is 10.1 Å². The third kappa shape index (κ3) is 9.17. The SMILES string of the molecule is CC1(C)OC[C@@H](COCCC(C)(C)c2cc3cc([N+](=O)[O-])c(F)cc3n2C[C@@H]2COC(C)(C)O2)O1.CCOC(C)C. The minimum absolute atomic E-state index is 0.106. The molecule has 0 aliphatic carbocycles. The van der Waals surface area contributed by atoms with Gasteiger partial charge < -0.3 is 33.0 Å². The summed E-state index contributed by atoms with van der Waals surface area (Å²) in [6.45, 7) is 20.8. The average Bonchev–Trinajstić information content (AvgIpc) is 3.50. The Kier molecular flexibility index (Phi) is 10.9. The zero-order valence-corrected chi connectivity index (χ0v) is 26.0. The minimum atomic E-state index is -0.861. The molecule has 0 spiro atoms. The highest BCUT2D eigenvalue weighted by molar-refractivity contribution is 5.84. The molecule has 2 atom stereocenters. The van der Waals surface area contributed by atoms with E-state index in [1.165, 1.54) is 12.1 Å². The lowest BCUT2D eigenvalue weighted by atomic mass is 9.85. The van der Waals surface area contributed by atoms with Crippen LogP contribution in [0.25, 0.3) is 10.9 Å². The molecule has 0 saturated carbocycles. The maximum absolute atomic E-state index is 14.6. The zero-order valence-electron chi connectivity index (χ0n) is 26.0. The number of ether oxygens (including phenoxy) is 6. The standard InChI is InChI=1S/C25H35FN2O7.C5H12O/c1-23(2,7-8-31-13-18-15-33-25(5,6)35-18)22-10-16-9-21(28(29)30)19(26)11-20(16)27(22)12-17-14-32-24(3,4)34-17;1-4-6-5(2)3/h9-11,17-18H,7-8,12-15H2,1-6H3;5H,4H2,1-3H3/t17-,18-;/m1./s1. The Balaban J connectivity index is 0.000000696. The van der Waals surface area contributed by atoms with Gasteiger partial charge in [0.2, 0.25) is 5.82 Å². The van der Waals surface area contributed by atoms with E-state index in [0.717, 1.165) is 12.3 Å². The molecule has 10 nitrogen and oxygen atoms in total. The van der Waals surface area contributed by atoms with Crippen molar-refractivity contribution in [3.05, 3.63) is 39.8 Å². The molecule has 1 aromatic carbocycles. The number of nitro benzene ring substituents is 1. The molecule has 0 amide bonds. The molecular formula is C30H47FN2O8. The Morgan fingerprint density at radius 3 is 2.20 bits per heavy atom. The largest absolute Gasteiger partial charge is 0.379 e. The summed E-state index contributed by atoms with van der Waals surface area (Å²) in [6.07, 6.45) is 0.742. The summed E-state index contributed by atoms with van der Waals surface area (Å²) < 4.78 is 50.6. The smallest absolute Gasteiger partial charge is 0.305 e.